The average molecular weight is 303 g/mol. The molecule has 0 fully saturated rings. The number of aryl methyl sites for hydroxylation is 1. The third-order valence-electron chi connectivity index (χ3n) is 3.29. The Hall–Kier alpha value is -2.34. The van der Waals surface area contributed by atoms with Gasteiger partial charge in [0.25, 0.3) is 0 Å². The Bertz CT molecular complexity index is 607. The van der Waals surface area contributed by atoms with Gasteiger partial charge in [-0.05, 0) is 19.1 Å². The summed E-state index contributed by atoms with van der Waals surface area (Å²) in [5.74, 6) is 0.582. The summed E-state index contributed by atoms with van der Waals surface area (Å²) < 4.78 is 5.47. The number of rotatable bonds is 6. The Morgan fingerprint density at radius 3 is 2.77 bits per heavy atom. The average Bonchev–Trinajstić information content (AvgIpc) is 2.97. The second kappa shape index (κ2) is 7.61. The standard InChI is InChI=1S/C16H21N3O3/c1-12-3-5-13(6-4-12)15-18-14(11-22-15)7-8-17-16(21)19(2)9-10-20/h3-6,11,20H,7-10H2,1-2H3,(H,17,21). The molecule has 6 nitrogen and oxygen atoms in total. The van der Waals surface area contributed by atoms with Crippen molar-refractivity contribution in [1.82, 2.24) is 15.2 Å². The Morgan fingerprint density at radius 2 is 2.09 bits per heavy atom. The molecule has 0 unspecified atom stereocenters. The van der Waals surface area contributed by atoms with E-state index in [-0.39, 0.29) is 12.6 Å². The molecular weight excluding hydrogens is 282 g/mol. The fourth-order valence-corrected chi connectivity index (χ4v) is 1.93. The number of nitrogens with zero attached hydrogens (tertiary/aromatic N) is 2. The zero-order valence-electron chi connectivity index (χ0n) is 12.9. The van der Waals surface area contributed by atoms with E-state index in [1.807, 2.05) is 31.2 Å². The van der Waals surface area contributed by atoms with E-state index in [1.165, 1.54) is 10.5 Å². The van der Waals surface area contributed by atoms with Crippen molar-refractivity contribution in [3.8, 4) is 11.5 Å². The first kappa shape index (κ1) is 16.0. The highest BCUT2D eigenvalue weighted by Gasteiger charge is 2.09. The molecule has 0 bridgehead atoms. The number of carbonyl (C=O) groups is 1. The van der Waals surface area contributed by atoms with Crippen molar-refractivity contribution in [2.45, 2.75) is 13.3 Å². The van der Waals surface area contributed by atoms with Crippen LogP contribution >= 0.6 is 0 Å². The van der Waals surface area contributed by atoms with E-state index in [0.29, 0.717) is 25.4 Å². The number of hydrogen-bond acceptors (Lipinski definition) is 4. The largest absolute Gasteiger partial charge is 0.444 e. The van der Waals surface area contributed by atoms with Gasteiger partial charge in [-0.15, -0.1) is 0 Å². The number of aromatic nitrogens is 1. The molecule has 2 aromatic rings. The van der Waals surface area contributed by atoms with E-state index >= 15 is 0 Å². The molecule has 118 valence electrons. The number of likely N-dealkylation sites (N-methyl/N-ethyl adjacent to an activating group) is 1. The molecule has 1 aromatic carbocycles. The third-order valence-corrected chi connectivity index (χ3v) is 3.29. The highest BCUT2D eigenvalue weighted by molar-refractivity contribution is 5.73. The summed E-state index contributed by atoms with van der Waals surface area (Å²) in [5, 5.41) is 11.5. The predicted octanol–water partition coefficient (Wildman–Crippen LogP) is 1.83. The van der Waals surface area contributed by atoms with Crippen LogP contribution in [-0.2, 0) is 6.42 Å². The van der Waals surface area contributed by atoms with Gasteiger partial charge in [0.1, 0.15) is 6.26 Å². The van der Waals surface area contributed by atoms with Gasteiger partial charge in [-0.3, -0.25) is 0 Å². The van der Waals surface area contributed by atoms with Gasteiger partial charge in [0, 0.05) is 32.1 Å². The predicted molar refractivity (Wildman–Crippen MR) is 83.5 cm³/mol. The van der Waals surface area contributed by atoms with Crippen molar-refractivity contribution >= 4 is 6.03 Å². The molecule has 0 saturated carbocycles. The summed E-state index contributed by atoms with van der Waals surface area (Å²) in [5.41, 5.74) is 2.91. The maximum Gasteiger partial charge on any atom is 0.317 e. The first-order valence-corrected chi connectivity index (χ1v) is 7.21. The van der Waals surface area contributed by atoms with Gasteiger partial charge in [-0.25, -0.2) is 9.78 Å². The highest BCUT2D eigenvalue weighted by atomic mass is 16.3. The summed E-state index contributed by atoms with van der Waals surface area (Å²) in [6, 6.07) is 7.75. The SMILES string of the molecule is Cc1ccc(-c2nc(CCNC(=O)N(C)CCO)co2)cc1. The maximum absolute atomic E-state index is 11.6. The smallest absolute Gasteiger partial charge is 0.317 e. The van der Waals surface area contributed by atoms with E-state index in [4.69, 9.17) is 9.52 Å². The van der Waals surface area contributed by atoms with Crippen LogP contribution in [0.5, 0.6) is 0 Å². The van der Waals surface area contributed by atoms with Gasteiger partial charge in [0.05, 0.1) is 12.3 Å². The van der Waals surface area contributed by atoms with Crippen molar-refractivity contribution in [3.05, 3.63) is 41.8 Å². The number of aliphatic hydroxyl groups excluding tert-OH is 1. The van der Waals surface area contributed by atoms with Crippen molar-refractivity contribution in [3.63, 3.8) is 0 Å². The second-order valence-corrected chi connectivity index (χ2v) is 5.14. The van der Waals surface area contributed by atoms with Gasteiger partial charge in [-0.2, -0.15) is 0 Å². The van der Waals surface area contributed by atoms with Gasteiger partial charge in [-0.1, -0.05) is 17.7 Å². The van der Waals surface area contributed by atoms with Gasteiger partial charge < -0.3 is 19.7 Å². The molecular formula is C16H21N3O3. The number of aliphatic hydroxyl groups is 1. The number of amides is 2. The molecule has 6 heteroatoms. The minimum Gasteiger partial charge on any atom is -0.444 e. The molecule has 2 N–H and O–H groups in total. The molecule has 22 heavy (non-hydrogen) atoms. The molecule has 0 aliphatic carbocycles. The molecule has 1 aromatic heterocycles. The second-order valence-electron chi connectivity index (χ2n) is 5.14. The van der Waals surface area contributed by atoms with Crippen molar-refractivity contribution in [1.29, 1.82) is 0 Å². The lowest BCUT2D eigenvalue weighted by Gasteiger charge is -2.16. The number of hydrogen-bond donors (Lipinski definition) is 2. The van der Waals surface area contributed by atoms with E-state index < -0.39 is 0 Å². The zero-order chi connectivity index (χ0) is 15.9. The quantitative estimate of drug-likeness (QED) is 0.853. The molecule has 0 radical (unpaired) electrons. The first-order chi connectivity index (χ1) is 10.6. The molecule has 0 aliphatic heterocycles. The summed E-state index contributed by atoms with van der Waals surface area (Å²) >= 11 is 0. The van der Waals surface area contributed by atoms with Crippen LogP contribution in [0, 0.1) is 6.92 Å². The molecule has 2 rings (SSSR count). The van der Waals surface area contributed by atoms with Crippen LogP contribution in [0.25, 0.3) is 11.5 Å². The number of benzene rings is 1. The number of nitrogens with one attached hydrogen (secondary N) is 1. The molecule has 0 spiro atoms. The van der Waals surface area contributed by atoms with Crippen LogP contribution in [-0.4, -0.2) is 47.8 Å². The topological polar surface area (TPSA) is 78.6 Å². The molecule has 0 saturated heterocycles. The zero-order valence-corrected chi connectivity index (χ0v) is 12.9. The molecule has 0 aliphatic rings. The third kappa shape index (κ3) is 4.33. The summed E-state index contributed by atoms with van der Waals surface area (Å²) in [7, 11) is 1.64. The van der Waals surface area contributed by atoms with Crippen LogP contribution < -0.4 is 5.32 Å². The van der Waals surface area contributed by atoms with Crippen LogP contribution in [0.4, 0.5) is 4.79 Å². The van der Waals surface area contributed by atoms with E-state index in [1.54, 1.807) is 13.3 Å². The van der Waals surface area contributed by atoms with Crippen molar-refractivity contribution in [2.24, 2.45) is 0 Å². The monoisotopic (exact) mass is 303 g/mol. The van der Waals surface area contributed by atoms with Gasteiger partial charge in [0.15, 0.2) is 0 Å². The lowest BCUT2D eigenvalue weighted by atomic mass is 10.1. The summed E-state index contributed by atoms with van der Waals surface area (Å²) in [6.07, 6.45) is 2.20. The van der Waals surface area contributed by atoms with Gasteiger partial charge in [0.2, 0.25) is 5.89 Å². The Kier molecular flexibility index (Phi) is 5.55. The fraction of sp³-hybridized carbons (Fsp3) is 0.375. The van der Waals surface area contributed by atoms with Crippen LogP contribution in [0.2, 0.25) is 0 Å². The van der Waals surface area contributed by atoms with Crippen LogP contribution in [0.3, 0.4) is 0 Å². The summed E-state index contributed by atoms with van der Waals surface area (Å²) in [4.78, 5) is 17.5. The Morgan fingerprint density at radius 1 is 1.36 bits per heavy atom. The number of urea groups is 1. The van der Waals surface area contributed by atoms with Gasteiger partial charge >= 0.3 is 6.03 Å². The summed E-state index contributed by atoms with van der Waals surface area (Å²) in [6.45, 7) is 2.76. The minimum atomic E-state index is -0.212. The van der Waals surface area contributed by atoms with Crippen molar-refractivity contribution in [2.75, 3.05) is 26.7 Å². The normalized spacial score (nSPS) is 10.5. The maximum atomic E-state index is 11.6. The lowest BCUT2D eigenvalue weighted by molar-refractivity contribution is 0.190. The first-order valence-electron chi connectivity index (χ1n) is 7.21. The lowest BCUT2D eigenvalue weighted by Crippen LogP contribution is -2.39. The van der Waals surface area contributed by atoms with Crippen molar-refractivity contribution < 1.29 is 14.3 Å². The fourth-order valence-electron chi connectivity index (χ4n) is 1.93. The van der Waals surface area contributed by atoms with E-state index in [2.05, 4.69) is 10.3 Å². The molecule has 0 atom stereocenters. The minimum absolute atomic E-state index is 0.0485. The van der Waals surface area contributed by atoms with E-state index in [9.17, 15) is 4.79 Å². The molecule has 2 amide bonds. The van der Waals surface area contributed by atoms with Crippen LogP contribution in [0.1, 0.15) is 11.3 Å². The number of carbonyl (C=O) groups excluding carboxylic acids is 1. The molecule has 1 heterocycles. The van der Waals surface area contributed by atoms with E-state index in [0.717, 1.165) is 11.3 Å². The highest BCUT2D eigenvalue weighted by Crippen LogP contribution is 2.19. The number of oxazole rings is 1. The Labute approximate surface area is 129 Å². The van der Waals surface area contributed by atoms with Crippen LogP contribution in [0.15, 0.2) is 34.9 Å². The Balaban J connectivity index is 1.85.